The number of aromatic amines is 1. The lowest BCUT2D eigenvalue weighted by Crippen LogP contribution is -2.41. The first kappa shape index (κ1) is 15.1. The number of rotatable bonds is 4. The number of methoxy groups -OCH3 is 1. The quantitative estimate of drug-likeness (QED) is 0.881. The van der Waals surface area contributed by atoms with Crippen LogP contribution >= 0.6 is 0 Å². The summed E-state index contributed by atoms with van der Waals surface area (Å²) in [6.45, 7) is 7.09. The molecule has 4 nitrogen and oxygen atoms in total. The van der Waals surface area contributed by atoms with Gasteiger partial charge in [-0.05, 0) is 30.4 Å². The topological polar surface area (TPSA) is 45.3 Å². The molecule has 4 heteroatoms. The molecule has 1 aliphatic heterocycles. The van der Waals surface area contributed by atoms with Crippen molar-refractivity contribution in [3.63, 3.8) is 0 Å². The Morgan fingerprint density at radius 1 is 1.32 bits per heavy atom. The van der Waals surface area contributed by atoms with Gasteiger partial charge in [0.15, 0.2) is 5.78 Å². The average molecular weight is 300 g/mol. The molecular weight excluding hydrogens is 276 g/mol. The summed E-state index contributed by atoms with van der Waals surface area (Å²) in [4.78, 5) is 18.1. The Labute approximate surface area is 131 Å². The van der Waals surface area contributed by atoms with Gasteiger partial charge in [0.1, 0.15) is 5.75 Å². The van der Waals surface area contributed by atoms with Crippen molar-refractivity contribution in [3.05, 3.63) is 30.0 Å². The van der Waals surface area contributed by atoms with Crippen LogP contribution in [-0.4, -0.2) is 42.4 Å². The summed E-state index contributed by atoms with van der Waals surface area (Å²) >= 11 is 0. The van der Waals surface area contributed by atoms with Crippen LogP contribution in [0.15, 0.2) is 24.4 Å². The van der Waals surface area contributed by atoms with Gasteiger partial charge >= 0.3 is 0 Å². The summed E-state index contributed by atoms with van der Waals surface area (Å²) in [5.41, 5.74) is 1.73. The summed E-state index contributed by atoms with van der Waals surface area (Å²) in [5, 5.41) is 0.976. The first-order valence-corrected chi connectivity index (χ1v) is 7.97. The molecule has 1 N–H and O–H groups in total. The maximum Gasteiger partial charge on any atom is 0.178 e. The van der Waals surface area contributed by atoms with E-state index in [0.717, 1.165) is 35.3 Å². The van der Waals surface area contributed by atoms with Crippen molar-refractivity contribution in [3.8, 4) is 5.75 Å². The number of H-pyrrole nitrogens is 1. The summed E-state index contributed by atoms with van der Waals surface area (Å²) in [6, 6.07) is 5.79. The number of Topliss-reactive ketones (excluding diaryl/α,β-unsaturated/α-hetero) is 1. The lowest BCUT2D eigenvalue weighted by Gasteiger charge is -2.34. The number of carbonyl (C=O) groups excluding carboxylic acids is 1. The van der Waals surface area contributed by atoms with Crippen molar-refractivity contribution < 1.29 is 9.53 Å². The second-order valence-corrected chi connectivity index (χ2v) is 6.68. The zero-order valence-corrected chi connectivity index (χ0v) is 13.6. The largest absolute Gasteiger partial charge is 0.497 e. The Bertz CT molecular complexity index is 667. The minimum atomic E-state index is 0.192. The zero-order chi connectivity index (χ0) is 15.7. The van der Waals surface area contributed by atoms with Crippen molar-refractivity contribution in [2.75, 3.05) is 26.7 Å². The second kappa shape index (κ2) is 6.13. The molecule has 0 unspecified atom stereocenters. The number of hydrogen-bond acceptors (Lipinski definition) is 3. The van der Waals surface area contributed by atoms with Gasteiger partial charge < -0.3 is 9.72 Å². The van der Waals surface area contributed by atoms with Gasteiger partial charge in [0, 0.05) is 41.8 Å². The fraction of sp³-hybridized carbons (Fsp3) is 0.500. The lowest BCUT2D eigenvalue weighted by atomic mass is 9.91. The van der Waals surface area contributed by atoms with Gasteiger partial charge in [-0.2, -0.15) is 0 Å². The normalized spacial score (nSPS) is 22.9. The first-order valence-electron chi connectivity index (χ1n) is 7.97. The number of benzene rings is 1. The number of aromatic nitrogens is 1. The number of ether oxygens (including phenoxy) is 1. The van der Waals surface area contributed by atoms with E-state index < -0.39 is 0 Å². The van der Waals surface area contributed by atoms with Crippen LogP contribution in [0.25, 0.3) is 10.9 Å². The number of nitrogens with zero attached hydrogens (tertiary/aromatic N) is 1. The summed E-state index contributed by atoms with van der Waals surface area (Å²) < 4.78 is 5.22. The van der Waals surface area contributed by atoms with Crippen LogP contribution in [0, 0.1) is 11.8 Å². The molecule has 3 rings (SSSR count). The number of carbonyl (C=O) groups is 1. The number of piperidine rings is 1. The van der Waals surface area contributed by atoms with Crippen molar-refractivity contribution in [1.29, 1.82) is 0 Å². The van der Waals surface area contributed by atoms with E-state index >= 15 is 0 Å². The SMILES string of the molecule is COc1ccc2c(C(=O)CN3C[C@@H](C)C[C@H](C)C3)c[nH]c2c1. The zero-order valence-electron chi connectivity index (χ0n) is 13.6. The molecule has 1 aromatic heterocycles. The second-order valence-electron chi connectivity index (χ2n) is 6.68. The predicted molar refractivity (Wildman–Crippen MR) is 88.6 cm³/mol. The van der Waals surface area contributed by atoms with Crippen LogP contribution in [0.2, 0.25) is 0 Å². The van der Waals surface area contributed by atoms with Gasteiger partial charge in [0.25, 0.3) is 0 Å². The molecule has 0 saturated carbocycles. The number of nitrogens with one attached hydrogen (secondary N) is 1. The third-order valence-corrected chi connectivity index (χ3v) is 4.50. The molecule has 0 bridgehead atoms. The fourth-order valence-electron chi connectivity index (χ4n) is 3.67. The molecule has 0 spiro atoms. The molecule has 0 radical (unpaired) electrons. The summed E-state index contributed by atoms with van der Waals surface area (Å²) in [7, 11) is 1.65. The van der Waals surface area contributed by atoms with Crippen molar-refractivity contribution in [2.24, 2.45) is 11.8 Å². The number of fused-ring (bicyclic) bond motifs is 1. The Morgan fingerprint density at radius 3 is 2.73 bits per heavy atom. The highest BCUT2D eigenvalue weighted by atomic mass is 16.5. The van der Waals surface area contributed by atoms with E-state index in [1.165, 1.54) is 6.42 Å². The van der Waals surface area contributed by atoms with Gasteiger partial charge in [-0.25, -0.2) is 0 Å². The van der Waals surface area contributed by atoms with Crippen molar-refractivity contribution in [1.82, 2.24) is 9.88 Å². The molecule has 1 saturated heterocycles. The third-order valence-electron chi connectivity index (χ3n) is 4.50. The minimum Gasteiger partial charge on any atom is -0.497 e. The lowest BCUT2D eigenvalue weighted by molar-refractivity contribution is 0.0851. The maximum absolute atomic E-state index is 12.7. The van der Waals surface area contributed by atoms with E-state index in [4.69, 9.17) is 4.74 Å². The van der Waals surface area contributed by atoms with E-state index in [1.54, 1.807) is 7.11 Å². The summed E-state index contributed by atoms with van der Waals surface area (Å²) in [6.07, 6.45) is 3.08. The molecule has 1 aromatic carbocycles. The van der Waals surface area contributed by atoms with E-state index in [2.05, 4.69) is 23.7 Å². The van der Waals surface area contributed by atoms with Crippen LogP contribution < -0.4 is 4.74 Å². The fourth-order valence-corrected chi connectivity index (χ4v) is 3.67. The molecule has 1 aliphatic rings. The molecule has 0 amide bonds. The molecule has 0 aliphatic carbocycles. The number of likely N-dealkylation sites (tertiary alicyclic amines) is 1. The first-order chi connectivity index (χ1) is 10.6. The predicted octanol–water partition coefficient (Wildman–Crippen LogP) is 3.34. The highest BCUT2D eigenvalue weighted by molar-refractivity contribution is 6.09. The van der Waals surface area contributed by atoms with Gasteiger partial charge in [0.05, 0.1) is 13.7 Å². The average Bonchev–Trinajstić information content (AvgIpc) is 2.88. The van der Waals surface area contributed by atoms with Crippen molar-refractivity contribution >= 4 is 16.7 Å². The molecule has 118 valence electrons. The highest BCUT2D eigenvalue weighted by Crippen LogP contribution is 2.25. The van der Waals surface area contributed by atoms with Crippen LogP contribution in [0.4, 0.5) is 0 Å². The standard InChI is InChI=1S/C18H24N2O2/c1-12-6-13(2)10-20(9-12)11-18(21)16-8-19-17-7-14(22-3)4-5-15(16)17/h4-5,7-8,12-13,19H,6,9-11H2,1-3H3/t12-,13-/m0/s1. The van der Waals surface area contributed by atoms with Crippen LogP contribution in [0.5, 0.6) is 5.75 Å². The third kappa shape index (κ3) is 3.02. The Hall–Kier alpha value is -1.81. The highest BCUT2D eigenvalue weighted by Gasteiger charge is 2.24. The maximum atomic E-state index is 12.7. The molecule has 22 heavy (non-hydrogen) atoms. The van der Waals surface area contributed by atoms with Crippen LogP contribution in [-0.2, 0) is 0 Å². The molecule has 2 aromatic rings. The molecular formula is C18H24N2O2. The monoisotopic (exact) mass is 300 g/mol. The number of ketones is 1. The van der Waals surface area contributed by atoms with E-state index in [9.17, 15) is 4.79 Å². The summed E-state index contributed by atoms with van der Waals surface area (Å²) in [5.74, 6) is 2.33. The minimum absolute atomic E-state index is 0.192. The molecule has 2 atom stereocenters. The van der Waals surface area contributed by atoms with Crippen LogP contribution in [0.1, 0.15) is 30.6 Å². The molecule has 1 fully saturated rings. The number of hydrogen-bond donors (Lipinski definition) is 1. The van der Waals surface area contributed by atoms with Crippen molar-refractivity contribution in [2.45, 2.75) is 20.3 Å². The van der Waals surface area contributed by atoms with E-state index in [-0.39, 0.29) is 5.78 Å². The smallest absolute Gasteiger partial charge is 0.178 e. The van der Waals surface area contributed by atoms with E-state index in [1.807, 2.05) is 24.4 Å². The Morgan fingerprint density at radius 2 is 2.05 bits per heavy atom. The van der Waals surface area contributed by atoms with Gasteiger partial charge in [-0.15, -0.1) is 0 Å². The van der Waals surface area contributed by atoms with E-state index in [0.29, 0.717) is 18.4 Å². The van der Waals surface area contributed by atoms with Crippen LogP contribution in [0.3, 0.4) is 0 Å². The van der Waals surface area contributed by atoms with Gasteiger partial charge in [-0.1, -0.05) is 13.8 Å². The Kier molecular flexibility index (Phi) is 4.21. The Balaban J connectivity index is 1.77. The molecule has 2 heterocycles. The van der Waals surface area contributed by atoms with Gasteiger partial charge in [-0.3, -0.25) is 9.69 Å². The van der Waals surface area contributed by atoms with Gasteiger partial charge in [0.2, 0.25) is 0 Å².